The van der Waals surface area contributed by atoms with Gasteiger partial charge in [0.1, 0.15) is 6.61 Å². The maximum Gasteiger partial charge on any atom is 0.309 e. The van der Waals surface area contributed by atoms with Crippen molar-refractivity contribution in [1.29, 1.82) is 0 Å². The third-order valence-electron chi connectivity index (χ3n) is 6.99. The smallest absolute Gasteiger partial charge is 0.309 e. The van der Waals surface area contributed by atoms with Gasteiger partial charge in [-0.2, -0.15) is 0 Å². The molecule has 0 aromatic heterocycles. The first kappa shape index (κ1) is 30.3. The number of nitrogens with one attached hydrogen (secondary N) is 2. The minimum Gasteiger partial charge on any atom is -0.463 e. The number of aliphatic hydroxyl groups excluding tert-OH is 1. The zero-order chi connectivity index (χ0) is 27.1. The van der Waals surface area contributed by atoms with Gasteiger partial charge in [0.05, 0.1) is 24.0 Å². The number of benzene rings is 1. The Bertz CT molecular complexity index is 879. The highest BCUT2D eigenvalue weighted by Gasteiger charge is 2.39. The van der Waals surface area contributed by atoms with Crippen molar-refractivity contribution in [2.24, 2.45) is 11.8 Å². The van der Waals surface area contributed by atoms with Crippen LogP contribution in [-0.4, -0.2) is 47.7 Å². The molecular weight excluding hydrogens is 468 g/mol. The van der Waals surface area contributed by atoms with Crippen molar-refractivity contribution in [2.45, 2.75) is 82.7 Å². The van der Waals surface area contributed by atoms with E-state index < -0.39 is 11.5 Å². The van der Waals surface area contributed by atoms with Crippen LogP contribution in [0.5, 0.6) is 0 Å². The lowest BCUT2D eigenvalue weighted by atomic mass is 9.93. The first-order valence-electron chi connectivity index (χ1n) is 13.5. The molecule has 7 nitrogen and oxygen atoms in total. The number of unbranched alkanes of at least 4 members (excludes halogenated alkanes) is 1. The Labute approximate surface area is 221 Å². The van der Waals surface area contributed by atoms with E-state index >= 15 is 0 Å². The number of ether oxygens (including phenoxy) is 1. The second-order valence-corrected chi connectivity index (χ2v) is 10.3. The van der Waals surface area contributed by atoms with Crippen LogP contribution < -0.4 is 10.6 Å². The summed E-state index contributed by atoms with van der Waals surface area (Å²) in [5.74, 6) is -1.62. The lowest BCUT2D eigenvalue weighted by molar-refractivity contribution is -0.152. The van der Waals surface area contributed by atoms with Crippen LogP contribution in [0.15, 0.2) is 55.6 Å². The average Bonchev–Trinajstić information content (AvgIpc) is 3.35. The van der Waals surface area contributed by atoms with E-state index in [1.54, 1.807) is 13.0 Å². The Morgan fingerprint density at radius 2 is 1.81 bits per heavy atom. The molecule has 2 rings (SSSR count). The van der Waals surface area contributed by atoms with Gasteiger partial charge in [-0.15, -0.1) is 13.2 Å². The standard InChI is InChI=1S/C30H44N2O5/c1-4-6-8-16-26(19-24-14-9-7-10-15-24)29(36)37-22-30(17-11-12-18-30)32-28(35)25(13-5-2)20-27(34)31-23(3)21-33/h4-5,7,9-10,14-15,23,25-26,33H,1-2,6,8,11-13,16-22H2,3H3,(H,31,34)(H,32,35). The molecule has 204 valence electrons. The van der Waals surface area contributed by atoms with Crippen LogP contribution in [0.25, 0.3) is 0 Å². The van der Waals surface area contributed by atoms with E-state index in [1.807, 2.05) is 36.4 Å². The summed E-state index contributed by atoms with van der Waals surface area (Å²) in [5.41, 5.74) is 0.465. The number of aliphatic hydroxyl groups is 1. The Balaban J connectivity index is 2.04. The fraction of sp³-hybridized carbons (Fsp3) is 0.567. The van der Waals surface area contributed by atoms with Gasteiger partial charge < -0.3 is 20.5 Å². The predicted octanol–water partition coefficient (Wildman–Crippen LogP) is 4.25. The Hall–Kier alpha value is -2.93. The summed E-state index contributed by atoms with van der Waals surface area (Å²) in [6.45, 7) is 9.16. The van der Waals surface area contributed by atoms with Gasteiger partial charge in [0.25, 0.3) is 0 Å². The maximum atomic E-state index is 13.2. The molecule has 7 heteroatoms. The van der Waals surface area contributed by atoms with Crippen molar-refractivity contribution in [3.05, 3.63) is 61.2 Å². The molecule has 1 aliphatic rings. The van der Waals surface area contributed by atoms with E-state index in [0.29, 0.717) is 19.3 Å². The molecule has 1 aromatic carbocycles. The summed E-state index contributed by atoms with van der Waals surface area (Å²) in [7, 11) is 0. The van der Waals surface area contributed by atoms with E-state index in [0.717, 1.165) is 44.1 Å². The lowest BCUT2D eigenvalue weighted by Gasteiger charge is -2.32. The molecule has 37 heavy (non-hydrogen) atoms. The van der Waals surface area contributed by atoms with Crippen LogP contribution in [0.3, 0.4) is 0 Å². The molecule has 3 N–H and O–H groups in total. The van der Waals surface area contributed by atoms with E-state index in [1.165, 1.54) is 0 Å². The molecule has 0 spiro atoms. The molecule has 2 amide bonds. The number of hydrogen-bond donors (Lipinski definition) is 3. The quantitative estimate of drug-likeness (QED) is 0.164. The summed E-state index contributed by atoms with van der Waals surface area (Å²) in [4.78, 5) is 38.8. The van der Waals surface area contributed by atoms with Gasteiger partial charge in [-0.25, -0.2) is 0 Å². The van der Waals surface area contributed by atoms with Crippen molar-refractivity contribution < 1.29 is 24.2 Å². The minimum absolute atomic E-state index is 0.000510. The molecule has 1 aromatic rings. The van der Waals surface area contributed by atoms with Crippen molar-refractivity contribution in [1.82, 2.24) is 10.6 Å². The Morgan fingerprint density at radius 3 is 2.43 bits per heavy atom. The molecule has 0 aliphatic heterocycles. The number of rotatable bonds is 17. The SMILES string of the molecule is C=CCCCC(Cc1ccccc1)C(=O)OCC1(NC(=O)C(CC=C)CC(=O)NC(C)CO)CCCC1. The lowest BCUT2D eigenvalue weighted by Crippen LogP contribution is -2.52. The van der Waals surface area contributed by atoms with Gasteiger partial charge in [-0.1, -0.05) is 55.3 Å². The summed E-state index contributed by atoms with van der Waals surface area (Å²) in [6.07, 6.45) is 10.2. The molecule has 0 bridgehead atoms. The van der Waals surface area contributed by atoms with Crippen LogP contribution in [0.1, 0.15) is 70.3 Å². The molecule has 1 aliphatic carbocycles. The summed E-state index contributed by atoms with van der Waals surface area (Å²) < 4.78 is 5.88. The number of allylic oxidation sites excluding steroid dienone is 2. The summed E-state index contributed by atoms with van der Waals surface area (Å²) in [6, 6.07) is 9.55. The first-order valence-corrected chi connectivity index (χ1v) is 13.5. The number of esters is 1. The maximum absolute atomic E-state index is 13.2. The molecule has 3 atom stereocenters. The molecule has 0 heterocycles. The van der Waals surface area contributed by atoms with Crippen molar-refractivity contribution in [3.63, 3.8) is 0 Å². The van der Waals surface area contributed by atoms with Crippen LogP contribution in [0, 0.1) is 11.8 Å². The van der Waals surface area contributed by atoms with Gasteiger partial charge in [-0.3, -0.25) is 14.4 Å². The highest BCUT2D eigenvalue weighted by Crippen LogP contribution is 2.31. The van der Waals surface area contributed by atoms with Crippen molar-refractivity contribution in [2.75, 3.05) is 13.2 Å². The third-order valence-corrected chi connectivity index (χ3v) is 6.99. The minimum atomic E-state index is -0.626. The molecule has 0 radical (unpaired) electrons. The summed E-state index contributed by atoms with van der Waals surface area (Å²) >= 11 is 0. The second-order valence-electron chi connectivity index (χ2n) is 10.3. The molecule has 3 unspecified atom stereocenters. The average molecular weight is 513 g/mol. The van der Waals surface area contributed by atoms with Crippen molar-refractivity contribution in [3.8, 4) is 0 Å². The van der Waals surface area contributed by atoms with Gasteiger partial charge >= 0.3 is 5.97 Å². The number of carbonyl (C=O) groups is 3. The zero-order valence-corrected chi connectivity index (χ0v) is 22.3. The second kappa shape index (κ2) is 16.0. The zero-order valence-electron chi connectivity index (χ0n) is 22.3. The largest absolute Gasteiger partial charge is 0.463 e. The molecule has 1 fully saturated rings. The van der Waals surface area contributed by atoms with Crippen molar-refractivity contribution >= 4 is 17.8 Å². The van der Waals surface area contributed by atoms with E-state index in [9.17, 15) is 19.5 Å². The van der Waals surface area contributed by atoms with Crippen LogP contribution in [0.2, 0.25) is 0 Å². The van der Waals surface area contributed by atoms with Crippen LogP contribution in [-0.2, 0) is 25.5 Å². The predicted molar refractivity (Wildman–Crippen MR) is 146 cm³/mol. The van der Waals surface area contributed by atoms with Gasteiger partial charge in [0, 0.05) is 12.5 Å². The van der Waals surface area contributed by atoms with Crippen LogP contribution >= 0.6 is 0 Å². The fourth-order valence-corrected chi connectivity index (χ4v) is 4.85. The van der Waals surface area contributed by atoms with Gasteiger partial charge in [-0.05, 0) is 57.4 Å². The van der Waals surface area contributed by atoms with E-state index in [2.05, 4.69) is 23.8 Å². The molecular formula is C30H44N2O5. The Kier molecular flexibility index (Phi) is 13.1. The molecule has 0 saturated heterocycles. The number of hydrogen-bond acceptors (Lipinski definition) is 5. The van der Waals surface area contributed by atoms with E-state index in [4.69, 9.17) is 4.74 Å². The highest BCUT2D eigenvalue weighted by atomic mass is 16.5. The third kappa shape index (κ3) is 10.5. The number of amides is 2. The van der Waals surface area contributed by atoms with Gasteiger partial charge in [0.15, 0.2) is 0 Å². The van der Waals surface area contributed by atoms with E-state index in [-0.39, 0.29) is 49.4 Å². The fourth-order valence-electron chi connectivity index (χ4n) is 4.85. The van der Waals surface area contributed by atoms with Gasteiger partial charge in [0.2, 0.25) is 11.8 Å². The highest BCUT2D eigenvalue weighted by molar-refractivity contribution is 5.86. The summed E-state index contributed by atoms with van der Waals surface area (Å²) in [5, 5.41) is 15.0. The normalized spacial score (nSPS) is 16.7. The first-order chi connectivity index (χ1) is 17.8. The topological polar surface area (TPSA) is 105 Å². The molecule has 1 saturated carbocycles. The monoisotopic (exact) mass is 512 g/mol. The number of carbonyl (C=O) groups excluding carboxylic acids is 3. The van der Waals surface area contributed by atoms with Crippen LogP contribution in [0.4, 0.5) is 0 Å². The Morgan fingerprint density at radius 1 is 1.11 bits per heavy atom.